The molecule has 2 amide bonds. The molecular formula is C22H23F2N3O4. The van der Waals surface area contributed by atoms with Gasteiger partial charge in [-0.3, -0.25) is 14.4 Å². The molecule has 0 unspecified atom stereocenters. The Morgan fingerprint density at radius 1 is 1.00 bits per heavy atom. The van der Waals surface area contributed by atoms with Crippen molar-refractivity contribution in [1.29, 1.82) is 0 Å². The van der Waals surface area contributed by atoms with Crippen LogP contribution in [0.3, 0.4) is 0 Å². The lowest BCUT2D eigenvalue weighted by atomic mass is 10.1. The highest BCUT2D eigenvalue weighted by molar-refractivity contribution is 6.34. The van der Waals surface area contributed by atoms with Crippen molar-refractivity contribution >= 4 is 28.5 Å². The van der Waals surface area contributed by atoms with Crippen LogP contribution in [0.25, 0.3) is 10.9 Å². The summed E-state index contributed by atoms with van der Waals surface area (Å²) in [5.41, 5.74) is 12.8. The zero-order chi connectivity index (χ0) is 23.3. The van der Waals surface area contributed by atoms with E-state index >= 15 is 0 Å². The normalized spacial score (nSPS) is 10.9. The molecule has 2 aromatic carbocycles. The predicted molar refractivity (Wildman–Crippen MR) is 112 cm³/mol. The van der Waals surface area contributed by atoms with E-state index in [0.29, 0.717) is 11.9 Å². The number of ether oxygens (including phenoxy) is 1. The highest BCUT2D eigenvalue weighted by Crippen LogP contribution is 2.35. The number of carbonyl (C=O) groups is 3. The van der Waals surface area contributed by atoms with E-state index in [4.69, 9.17) is 5.73 Å². The van der Waals surface area contributed by atoms with Crippen molar-refractivity contribution < 1.29 is 27.9 Å². The molecule has 1 heterocycles. The van der Waals surface area contributed by atoms with Crippen molar-refractivity contribution in [1.82, 2.24) is 4.57 Å². The van der Waals surface area contributed by atoms with E-state index in [2.05, 4.69) is 10.5 Å². The molecule has 31 heavy (non-hydrogen) atoms. The molecule has 1 aromatic heterocycles. The van der Waals surface area contributed by atoms with Crippen molar-refractivity contribution in [3.05, 3.63) is 65.4 Å². The number of benzene rings is 2. The molecule has 0 saturated carbocycles. The lowest BCUT2D eigenvalue weighted by Crippen LogP contribution is -2.40. The largest absolute Gasteiger partial charge is 0.482 e. The average Bonchev–Trinajstić information content (AvgIpc) is 2.94. The van der Waals surface area contributed by atoms with Gasteiger partial charge in [-0.2, -0.15) is 8.78 Å². The molecule has 0 saturated heterocycles. The van der Waals surface area contributed by atoms with Crippen LogP contribution in [0.15, 0.2) is 48.5 Å². The van der Waals surface area contributed by atoms with Gasteiger partial charge in [-0.1, -0.05) is 36.4 Å². The Labute approximate surface area is 177 Å². The molecule has 0 fully saturated rings. The SMILES string of the molecule is CC(=O)C(N)=O.Cc1c(C)n(Cc2ccccc2)c2cccc(OC(F)(F)C(N)=O)c12. The monoisotopic (exact) mass is 431 g/mol. The second-order valence-electron chi connectivity index (χ2n) is 6.84. The van der Waals surface area contributed by atoms with E-state index < -0.39 is 23.7 Å². The average molecular weight is 431 g/mol. The van der Waals surface area contributed by atoms with Gasteiger partial charge < -0.3 is 20.8 Å². The van der Waals surface area contributed by atoms with Gasteiger partial charge >= 0.3 is 12.0 Å². The predicted octanol–water partition coefficient (Wildman–Crippen LogP) is 2.82. The molecule has 0 radical (unpaired) electrons. The van der Waals surface area contributed by atoms with Crippen LogP contribution in [-0.4, -0.2) is 28.3 Å². The first-order valence-corrected chi connectivity index (χ1v) is 9.25. The molecular weight excluding hydrogens is 408 g/mol. The van der Waals surface area contributed by atoms with Gasteiger partial charge in [0, 0.05) is 24.5 Å². The first-order valence-electron chi connectivity index (χ1n) is 9.25. The summed E-state index contributed by atoms with van der Waals surface area (Å²) in [7, 11) is 0. The van der Waals surface area contributed by atoms with Crippen LogP contribution >= 0.6 is 0 Å². The van der Waals surface area contributed by atoms with Gasteiger partial charge in [-0.05, 0) is 37.1 Å². The molecule has 164 valence electrons. The van der Waals surface area contributed by atoms with E-state index in [0.717, 1.165) is 29.3 Å². The fourth-order valence-corrected chi connectivity index (χ4v) is 2.93. The minimum Gasteiger partial charge on any atom is -0.425 e. The Bertz CT molecular complexity index is 1110. The second-order valence-corrected chi connectivity index (χ2v) is 6.84. The number of fused-ring (bicyclic) bond motifs is 1. The second kappa shape index (κ2) is 9.38. The topological polar surface area (TPSA) is 117 Å². The number of carbonyl (C=O) groups excluding carboxylic acids is 3. The molecule has 7 nitrogen and oxygen atoms in total. The van der Waals surface area contributed by atoms with Crippen LogP contribution in [0, 0.1) is 13.8 Å². The number of primary amides is 2. The van der Waals surface area contributed by atoms with Crippen molar-refractivity contribution in [2.45, 2.75) is 33.4 Å². The number of halogens is 2. The summed E-state index contributed by atoms with van der Waals surface area (Å²) in [4.78, 5) is 30.1. The Kier molecular flexibility index (Phi) is 7.12. The molecule has 0 aliphatic carbocycles. The summed E-state index contributed by atoms with van der Waals surface area (Å²) >= 11 is 0. The maximum absolute atomic E-state index is 13.6. The fraction of sp³-hybridized carbons (Fsp3) is 0.227. The number of aromatic nitrogens is 1. The maximum Gasteiger partial charge on any atom is 0.482 e. The summed E-state index contributed by atoms with van der Waals surface area (Å²) < 4.78 is 34.0. The van der Waals surface area contributed by atoms with Gasteiger partial charge in [-0.25, -0.2) is 0 Å². The standard InChI is InChI=1S/C19H18F2N2O2.C3H5NO2/c1-12-13(2)23(11-14-7-4-3-5-8-14)15-9-6-10-16(17(12)15)25-19(20,21)18(22)24;1-2(5)3(4)6/h3-10H,11H2,1-2H3,(H2,22,24);1H3,(H2,4,6). The van der Waals surface area contributed by atoms with E-state index in [9.17, 15) is 23.2 Å². The minimum atomic E-state index is -4.06. The number of aryl methyl sites for hydroxylation is 1. The van der Waals surface area contributed by atoms with E-state index in [-0.39, 0.29) is 5.75 Å². The molecule has 0 atom stereocenters. The molecule has 3 aromatic rings. The number of alkyl halides is 2. The van der Waals surface area contributed by atoms with E-state index in [1.165, 1.54) is 6.07 Å². The number of nitrogens with zero attached hydrogens (tertiary/aromatic N) is 1. The smallest absolute Gasteiger partial charge is 0.425 e. The molecule has 3 rings (SSSR count). The molecule has 9 heteroatoms. The quantitative estimate of drug-likeness (QED) is 0.584. The van der Waals surface area contributed by atoms with E-state index in [1.807, 2.05) is 54.8 Å². The number of amides is 2. The number of nitrogens with two attached hydrogens (primary N) is 2. The van der Waals surface area contributed by atoms with Crippen molar-refractivity contribution in [2.75, 3.05) is 0 Å². The molecule has 0 spiro atoms. The van der Waals surface area contributed by atoms with Crippen LogP contribution in [0.4, 0.5) is 8.78 Å². The van der Waals surface area contributed by atoms with Crippen LogP contribution in [0.2, 0.25) is 0 Å². The number of Topliss-reactive ketones (excluding diaryl/α,β-unsaturated/α-hetero) is 1. The third-order valence-electron chi connectivity index (χ3n) is 4.67. The third kappa shape index (κ3) is 5.44. The zero-order valence-corrected chi connectivity index (χ0v) is 17.3. The van der Waals surface area contributed by atoms with Crippen molar-refractivity contribution in [3.8, 4) is 5.75 Å². The van der Waals surface area contributed by atoms with Crippen LogP contribution < -0.4 is 16.2 Å². The van der Waals surface area contributed by atoms with Gasteiger partial charge in [0.1, 0.15) is 5.75 Å². The van der Waals surface area contributed by atoms with Gasteiger partial charge in [-0.15, -0.1) is 0 Å². The molecule has 0 bridgehead atoms. The Morgan fingerprint density at radius 2 is 1.58 bits per heavy atom. The lowest BCUT2D eigenvalue weighted by Gasteiger charge is -2.15. The highest BCUT2D eigenvalue weighted by atomic mass is 19.3. The van der Waals surface area contributed by atoms with Crippen LogP contribution in [-0.2, 0) is 20.9 Å². The number of ketones is 1. The van der Waals surface area contributed by atoms with Gasteiger partial charge in [0.15, 0.2) is 0 Å². The number of rotatable bonds is 6. The number of hydrogen-bond donors (Lipinski definition) is 2. The summed E-state index contributed by atoms with van der Waals surface area (Å²) in [5.74, 6) is -3.36. The first kappa shape index (κ1) is 23.5. The van der Waals surface area contributed by atoms with Gasteiger partial charge in [0.2, 0.25) is 5.78 Å². The molecule has 0 aliphatic heterocycles. The summed E-state index contributed by atoms with van der Waals surface area (Å²) in [6.07, 6.45) is -4.06. The summed E-state index contributed by atoms with van der Waals surface area (Å²) in [6.45, 7) is 5.50. The lowest BCUT2D eigenvalue weighted by molar-refractivity contribution is -0.188. The van der Waals surface area contributed by atoms with Gasteiger partial charge in [0.05, 0.1) is 5.52 Å². The fourth-order valence-electron chi connectivity index (χ4n) is 2.93. The Morgan fingerprint density at radius 3 is 2.10 bits per heavy atom. The summed E-state index contributed by atoms with van der Waals surface area (Å²) in [5, 5.41) is 0.553. The zero-order valence-electron chi connectivity index (χ0n) is 17.3. The summed E-state index contributed by atoms with van der Waals surface area (Å²) in [6, 6.07) is 14.7. The highest BCUT2D eigenvalue weighted by Gasteiger charge is 2.40. The van der Waals surface area contributed by atoms with Crippen molar-refractivity contribution in [3.63, 3.8) is 0 Å². The molecule has 4 N–H and O–H groups in total. The minimum absolute atomic E-state index is 0.0614. The van der Waals surface area contributed by atoms with E-state index in [1.54, 1.807) is 6.07 Å². The molecule has 0 aliphatic rings. The Hall–Kier alpha value is -3.75. The Balaban J connectivity index is 0.000000501. The van der Waals surface area contributed by atoms with Gasteiger partial charge in [0.25, 0.3) is 5.91 Å². The van der Waals surface area contributed by atoms with Crippen LogP contribution in [0.5, 0.6) is 5.75 Å². The third-order valence-corrected chi connectivity index (χ3v) is 4.67. The van der Waals surface area contributed by atoms with Crippen molar-refractivity contribution in [2.24, 2.45) is 11.5 Å². The number of hydrogen-bond acceptors (Lipinski definition) is 4. The first-order chi connectivity index (χ1) is 14.5. The maximum atomic E-state index is 13.6. The van der Waals surface area contributed by atoms with Crippen LogP contribution in [0.1, 0.15) is 23.7 Å².